The first-order valence-electron chi connectivity index (χ1n) is 8.17. The van der Waals surface area contributed by atoms with Gasteiger partial charge in [-0.2, -0.15) is 13.2 Å². The van der Waals surface area contributed by atoms with Gasteiger partial charge in [-0.15, -0.1) is 0 Å². The molecule has 3 heterocycles. The molecular weight excluding hydrogens is 363 g/mol. The average molecular weight is 381 g/mol. The van der Waals surface area contributed by atoms with Crippen molar-refractivity contribution >= 4 is 28.8 Å². The summed E-state index contributed by atoms with van der Waals surface area (Å²) in [5, 5.41) is 3.77. The van der Waals surface area contributed by atoms with Crippen LogP contribution in [0.3, 0.4) is 0 Å². The van der Waals surface area contributed by atoms with Gasteiger partial charge in [0, 0.05) is 38.6 Å². The van der Waals surface area contributed by atoms with Gasteiger partial charge in [-0.1, -0.05) is 0 Å². The van der Waals surface area contributed by atoms with E-state index in [9.17, 15) is 13.2 Å². The standard InChI is InChI=1S/C17H18F3N5S/c18-17(19,20)13-4-5-15(22-11-13)24-7-2-8-25(10-9-24)16(26)23-14-3-1-6-21-12-14/h1,3-6,11-12H,2,7-10H2,(H,23,26). The predicted octanol–water partition coefficient (Wildman–Crippen LogP) is 3.40. The molecule has 0 saturated carbocycles. The molecule has 138 valence electrons. The van der Waals surface area contributed by atoms with Gasteiger partial charge in [-0.05, 0) is 42.9 Å². The fraction of sp³-hybridized carbons (Fsp3) is 0.353. The van der Waals surface area contributed by atoms with E-state index in [0.29, 0.717) is 30.6 Å². The van der Waals surface area contributed by atoms with Crippen molar-refractivity contribution < 1.29 is 13.2 Å². The molecule has 1 fully saturated rings. The van der Waals surface area contributed by atoms with Crippen LogP contribution in [0.15, 0.2) is 42.9 Å². The molecule has 0 amide bonds. The molecule has 0 unspecified atom stereocenters. The molecule has 0 spiro atoms. The Labute approximate surface area is 154 Å². The van der Waals surface area contributed by atoms with Crippen LogP contribution >= 0.6 is 12.2 Å². The molecule has 2 aromatic heterocycles. The van der Waals surface area contributed by atoms with E-state index in [0.717, 1.165) is 30.9 Å². The Bertz CT molecular complexity index is 736. The van der Waals surface area contributed by atoms with Crippen LogP contribution in [0, 0.1) is 0 Å². The number of aromatic nitrogens is 2. The molecule has 2 aromatic rings. The van der Waals surface area contributed by atoms with Crippen molar-refractivity contribution in [3.8, 4) is 0 Å². The Balaban J connectivity index is 1.60. The van der Waals surface area contributed by atoms with Gasteiger partial charge in [0.2, 0.25) is 0 Å². The summed E-state index contributed by atoms with van der Waals surface area (Å²) in [7, 11) is 0. The summed E-state index contributed by atoms with van der Waals surface area (Å²) in [4.78, 5) is 12.0. The molecule has 0 aromatic carbocycles. The van der Waals surface area contributed by atoms with Gasteiger partial charge < -0.3 is 15.1 Å². The molecule has 5 nitrogen and oxygen atoms in total. The van der Waals surface area contributed by atoms with Gasteiger partial charge in [0.1, 0.15) is 5.82 Å². The average Bonchev–Trinajstić information content (AvgIpc) is 2.88. The quantitative estimate of drug-likeness (QED) is 0.805. The van der Waals surface area contributed by atoms with Crippen molar-refractivity contribution in [1.29, 1.82) is 0 Å². The molecule has 9 heteroatoms. The van der Waals surface area contributed by atoms with E-state index in [4.69, 9.17) is 12.2 Å². The topological polar surface area (TPSA) is 44.3 Å². The molecule has 1 saturated heterocycles. The smallest absolute Gasteiger partial charge is 0.355 e. The van der Waals surface area contributed by atoms with Gasteiger partial charge in [0.25, 0.3) is 0 Å². The summed E-state index contributed by atoms with van der Waals surface area (Å²) in [5.74, 6) is 0.547. The van der Waals surface area contributed by atoms with Crippen LogP contribution in [0.25, 0.3) is 0 Å². The SMILES string of the molecule is FC(F)(F)c1ccc(N2CCCN(C(=S)Nc3cccnc3)CC2)nc1. The van der Waals surface area contributed by atoms with E-state index in [-0.39, 0.29) is 0 Å². The fourth-order valence-corrected chi connectivity index (χ4v) is 3.03. The number of hydrogen-bond acceptors (Lipinski definition) is 4. The first kappa shape index (κ1) is 18.4. The van der Waals surface area contributed by atoms with Gasteiger partial charge in [-0.3, -0.25) is 4.98 Å². The molecule has 0 aliphatic carbocycles. The molecule has 1 aliphatic rings. The summed E-state index contributed by atoms with van der Waals surface area (Å²) in [6, 6.07) is 6.20. The van der Waals surface area contributed by atoms with E-state index in [1.54, 1.807) is 12.4 Å². The maximum Gasteiger partial charge on any atom is 0.417 e. The minimum absolute atomic E-state index is 0.547. The lowest BCUT2D eigenvalue weighted by molar-refractivity contribution is -0.137. The van der Waals surface area contributed by atoms with E-state index in [2.05, 4.69) is 15.3 Å². The fourth-order valence-electron chi connectivity index (χ4n) is 2.73. The number of rotatable bonds is 2. The van der Waals surface area contributed by atoms with Crippen LogP contribution < -0.4 is 10.2 Å². The monoisotopic (exact) mass is 381 g/mol. The number of halogens is 3. The number of thiocarbonyl (C=S) groups is 1. The largest absolute Gasteiger partial charge is 0.417 e. The minimum Gasteiger partial charge on any atom is -0.355 e. The number of anilines is 2. The second-order valence-electron chi connectivity index (χ2n) is 5.90. The number of nitrogens with zero attached hydrogens (tertiary/aromatic N) is 4. The minimum atomic E-state index is -4.37. The molecule has 0 radical (unpaired) electrons. The number of hydrogen-bond donors (Lipinski definition) is 1. The van der Waals surface area contributed by atoms with Crippen LogP contribution in [0.5, 0.6) is 0 Å². The van der Waals surface area contributed by atoms with Gasteiger partial charge in [0.15, 0.2) is 5.11 Å². The van der Waals surface area contributed by atoms with Crippen LogP contribution in [-0.2, 0) is 6.18 Å². The van der Waals surface area contributed by atoms with Crippen molar-refractivity contribution in [1.82, 2.24) is 14.9 Å². The highest BCUT2D eigenvalue weighted by molar-refractivity contribution is 7.80. The second-order valence-corrected chi connectivity index (χ2v) is 6.29. The van der Waals surface area contributed by atoms with Crippen molar-refractivity contribution in [3.63, 3.8) is 0 Å². The Morgan fingerprint density at radius 3 is 2.58 bits per heavy atom. The lowest BCUT2D eigenvalue weighted by atomic mass is 10.2. The third kappa shape index (κ3) is 4.60. The van der Waals surface area contributed by atoms with Crippen LogP contribution in [0.4, 0.5) is 24.7 Å². The van der Waals surface area contributed by atoms with Crippen molar-refractivity contribution in [2.45, 2.75) is 12.6 Å². The van der Waals surface area contributed by atoms with Gasteiger partial charge in [-0.25, -0.2) is 4.98 Å². The molecule has 1 N–H and O–H groups in total. The Morgan fingerprint density at radius 2 is 1.92 bits per heavy atom. The number of nitrogens with one attached hydrogen (secondary N) is 1. The molecule has 3 rings (SSSR count). The first-order chi connectivity index (χ1) is 12.4. The van der Waals surface area contributed by atoms with Crippen LogP contribution in [0.1, 0.15) is 12.0 Å². The zero-order chi connectivity index (χ0) is 18.6. The van der Waals surface area contributed by atoms with Crippen LogP contribution in [-0.4, -0.2) is 46.2 Å². The third-order valence-corrected chi connectivity index (χ3v) is 4.46. The summed E-state index contributed by atoms with van der Waals surface area (Å²) in [6.07, 6.45) is 0.729. The number of alkyl halides is 3. The lowest BCUT2D eigenvalue weighted by Crippen LogP contribution is -2.38. The zero-order valence-electron chi connectivity index (χ0n) is 13.9. The maximum absolute atomic E-state index is 12.7. The molecule has 26 heavy (non-hydrogen) atoms. The Hall–Kier alpha value is -2.42. The molecule has 1 aliphatic heterocycles. The molecule has 0 bridgehead atoms. The Kier molecular flexibility index (Phi) is 5.55. The lowest BCUT2D eigenvalue weighted by Gasteiger charge is -2.25. The number of pyridine rings is 2. The first-order valence-corrected chi connectivity index (χ1v) is 8.58. The summed E-state index contributed by atoms with van der Waals surface area (Å²) in [5.41, 5.74) is 0.0857. The van der Waals surface area contributed by atoms with Crippen molar-refractivity contribution in [2.24, 2.45) is 0 Å². The zero-order valence-corrected chi connectivity index (χ0v) is 14.7. The maximum atomic E-state index is 12.7. The molecular formula is C17H18F3N5S. The van der Waals surface area contributed by atoms with Crippen molar-refractivity contribution in [2.75, 3.05) is 36.4 Å². The van der Waals surface area contributed by atoms with E-state index >= 15 is 0 Å². The van der Waals surface area contributed by atoms with E-state index < -0.39 is 11.7 Å². The molecule has 0 atom stereocenters. The van der Waals surface area contributed by atoms with E-state index in [1.165, 1.54) is 6.07 Å². The predicted molar refractivity (Wildman–Crippen MR) is 98.1 cm³/mol. The second kappa shape index (κ2) is 7.86. The van der Waals surface area contributed by atoms with E-state index in [1.807, 2.05) is 21.9 Å². The van der Waals surface area contributed by atoms with Crippen molar-refractivity contribution in [3.05, 3.63) is 48.4 Å². The summed E-state index contributed by atoms with van der Waals surface area (Å²) in [6.45, 7) is 2.77. The van der Waals surface area contributed by atoms with Gasteiger partial charge in [0.05, 0.1) is 17.4 Å². The third-order valence-electron chi connectivity index (χ3n) is 4.10. The highest BCUT2D eigenvalue weighted by Crippen LogP contribution is 2.29. The highest BCUT2D eigenvalue weighted by Gasteiger charge is 2.31. The normalized spacial score (nSPS) is 15.5. The van der Waals surface area contributed by atoms with Gasteiger partial charge >= 0.3 is 6.18 Å². The van der Waals surface area contributed by atoms with Crippen LogP contribution in [0.2, 0.25) is 0 Å². The Morgan fingerprint density at radius 1 is 1.08 bits per heavy atom. The highest BCUT2D eigenvalue weighted by atomic mass is 32.1. The summed E-state index contributed by atoms with van der Waals surface area (Å²) < 4.78 is 38.0. The summed E-state index contributed by atoms with van der Waals surface area (Å²) >= 11 is 5.46.